The Morgan fingerprint density at radius 1 is 1.29 bits per heavy atom. The molecule has 0 atom stereocenters. The van der Waals surface area contributed by atoms with Crippen molar-refractivity contribution in [3.63, 3.8) is 0 Å². The lowest BCUT2D eigenvalue weighted by Gasteiger charge is -2.62. The molecule has 1 aliphatic carbocycles. The van der Waals surface area contributed by atoms with E-state index in [1.807, 2.05) is 31.3 Å². The van der Waals surface area contributed by atoms with E-state index in [4.69, 9.17) is 4.74 Å². The molecule has 0 spiro atoms. The standard InChI is InChI=1S/C21H32N4O2.HI/c1-20(2)14-25(21(20,3)4)19(22-5)23-12-15-7-6-8-17(11-15)27-13-18(26)24-16-9-10-16;/h6-8,11,16H,9-10,12-14H2,1-5H3,(H,22,23)(H,24,26);1H. The number of ether oxygens (including phenoxy) is 1. The van der Waals surface area contributed by atoms with Gasteiger partial charge in [0.1, 0.15) is 5.75 Å². The Morgan fingerprint density at radius 3 is 2.57 bits per heavy atom. The van der Waals surface area contributed by atoms with Gasteiger partial charge < -0.3 is 20.3 Å². The molecule has 1 aliphatic heterocycles. The molecule has 1 saturated carbocycles. The van der Waals surface area contributed by atoms with Crippen LogP contribution in [0.5, 0.6) is 5.75 Å². The van der Waals surface area contributed by atoms with E-state index in [0.29, 0.717) is 18.3 Å². The topological polar surface area (TPSA) is 66.0 Å². The molecule has 7 heteroatoms. The highest BCUT2D eigenvalue weighted by atomic mass is 127. The van der Waals surface area contributed by atoms with Crippen LogP contribution in [0, 0.1) is 5.41 Å². The number of carbonyl (C=O) groups is 1. The molecule has 1 aromatic carbocycles. The first-order valence-electron chi connectivity index (χ1n) is 9.72. The summed E-state index contributed by atoms with van der Waals surface area (Å²) < 4.78 is 5.63. The van der Waals surface area contributed by atoms with E-state index in [9.17, 15) is 4.79 Å². The van der Waals surface area contributed by atoms with Crippen molar-refractivity contribution in [3.05, 3.63) is 29.8 Å². The summed E-state index contributed by atoms with van der Waals surface area (Å²) in [7, 11) is 1.82. The number of halogens is 1. The molecule has 156 valence electrons. The van der Waals surface area contributed by atoms with Crippen LogP contribution in [-0.2, 0) is 11.3 Å². The van der Waals surface area contributed by atoms with Crippen molar-refractivity contribution in [2.75, 3.05) is 20.2 Å². The van der Waals surface area contributed by atoms with Crippen molar-refractivity contribution >= 4 is 35.8 Å². The van der Waals surface area contributed by atoms with Crippen LogP contribution in [0.15, 0.2) is 29.3 Å². The van der Waals surface area contributed by atoms with Crippen LogP contribution >= 0.6 is 24.0 Å². The molecule has 2 N–H and O–H groups in total. The largest absolute Gasteiger partial charge is 0.484 e. The third kappa shape index (κ3) is 5.10. The molecule has 0 bridgehead atoms. The molecule has 1 saturated heterocycles. The van der Waals surface area contributed by atoms with E-state index < -0.39 is 0 Å². The van der Waals surface area contributed by atoms with Gasteiger partial charge in [0, 0.05) is 37.1 Å². The Balaban J connectivity index is 0.00000280. The third-order valence-corrected chi connectivity index (χ3v) is 6.01. The highest BCUT2D eigenvalue weighted by molar-refractivity contribution is 14.0. The lowest BCUT2D eigenvalue weighted by molar-refractivity contribution is -0.123. The second-order valence-corrected chi connectivity index (χ2v) is 8.71. The van der Waals surface area contributed by atoms with Gasteiger partial charge in [-0.15, -0.1) is 24.0 Å². The molecule has 0 aromatic heterocycles. The lowest BCUT2D eigenvalue weighted by Crippen LogP contribution is -2.72. The van der Waals surface area contributed by atoms with Gasteiger partial charge in [0.15, 0.2) is 12.6 Å². The number of carbonyl (C=O) groups excluding carboxylic acids is 1. The predicted octanol–water partition coefficient (Wildman–Crippen LogP) is 3.16. The number of benzene rings is 1. The Bertz CT molecular complexity index is 729. The molecule has 1 heterocycles. The zero-order chi connectivity index (χ0) is 19.7. The van der Waals surface area contributed by atoms with Crippen molar-refractivity contribution < 1.29 is 9.53 Å². The molecular formula is C21H33IN4O2. The summed E-state index contributed by atoms with van der Waals surface area (Å²) in [6.45, 7) is 10.8. The van der Waals surface area contributed by atoms with E-state index in [0.717, 1.165) is 30.9 Å². The van der Waals surface area contributed by atoms with Gasteiger partial charge in [-0.2, -0.15) is 0 Å². The zero-order valence-electron chi connectivity index (χ0n) is 17.5. The van der Waals surface area contributed by atoms with Crippen molar-refractivity contribution in [1.29, 1.82) is 0 Å². The van der Waals surface area contributed by atoms with Crippen LogP contribution in [0.25, 0.3) is 0 Å². The maximum atomic E-state index is 11.8. The van der Waals surface area contributed by atoms with Gasteiger partial charge in [0.2, 0.25) is 0 Å². The van der Waals surface area contributed by atoms with Crippen molar-refractivity contribution in [2.24, 2.45) is 10.4 Å². The minimum Gasteiger partial charge on any atom is -0.484 e. The first-order chi connectivity index (χ1) is 12.7. The van der Waals surface area contributed by atoms with Gasteiger partial charge >= 0.3 is 0 Å². The summed E-state index contributed by atoms with van der Waals surface area (Å²) in [5.74, 6) is 1.57. The molecule has 1 aromatic rings. The fourth-order valence-corrected chi connectivity index (χ4v) is 3.27. The first-order valence-corrected chi connectivity index (χ1v) is 9.72. The number of nitrogens with zero attached hydrogens (tertiary/aromatic N) is 2. The number of amides is 1. The second kappa shape index (κ2) is 8.88. The minimum atomic E-state index is -0.0518. The second-order valence-electron chi connectivity index (χ2n) is 8.71. The first kappa shape index (κ1) is 22.8. The molecule has 6 nitrogen and oxygen atoms in total. The van der Waals surface area contributed by atoms with Gasteiger partial charge in [-0.05, 0) is 44.4 Å². The molecule has 28 heavy (non-hydrogen) atoms. The summed E-state index contributed by atoms with van der Waals surface area (Å²) in [5.41, 5.74) is 1.42. The zero-order valence-corrected chi connectivity index (χ0v) is 19.9. The van der Waals surface area contributed by atoms with E-state index in [1.165, 1.54) is 0 Å². The number of rotatable bonds is 6. The Hall–Kier alpha value is -1.51. The van der Waals surface area contributed by atoms with Crippen LogP contribution < -0.4 is 15.4 Å². The summed E-state index contributed by atoms with van der Waals surface area (Å²) in [4.78, 5) is 18.5. The molecule has 0 unspecified atom stereocenters. The molecule has 3 rings (SSSR count). The van der Waals surface area contributed by atoms with Gasteiger partial charge in [0.25, 0.3) is 5.91 Å². The van der Waals surface area contributed by atoms with E-state index in [1.54, 1.807) is 0 Å². The highest BCUT2D eigenvalue weighted by Crippen LogP contribution is 2.46. The summed E-state index contributed by atoms with van der Waals surface area (Å²) >= 11 is 0. The monoisotopic (exact) mass is 500 g/mol. The average molecular weight is 500 g/mol. The molecule has 1 amide bonds. The van der Waals surface area contributed by atoms with E-state index in [2.05, 4.69) is 48.2 Å². The van der Waals surface area contributed by atoms with Gasteiger partial charge in [-0.3, -0.25) is 9.79 Å². The van der Waals surface area contributed by atoms with E-state index >= 15 is 0 Å². The van der Waals surface area contributed by atoms with Gasteiger partial charge in [-0.1, -0.05) is 26.0 Å². The van der Waals surface area contributed by atoms with Crippen LogP contribution in [0.3, 0.4) is 0 Å². The van der Waals surface area contributed by atoms with Crippen LogP contribution in [0.2, 0.25) is 0 Å². The fourth-order valence-electron chi connectivity index (χ4n) is 3.27. The quantitative estimate of drug-likeness (QED) is 0.358. The lowest BCUT2D eigenvalue weighted by atomic mass is 9.65. The molecular weight excluding hydrogens is 467 g/mol. The van der Waals surface area contributed by atoms with Crippen molar-refractivity contribution in [1.82, 2.24) is 15.5 Å². The van der Waals surface area contributed by atoms with E-state index in [-0.39, 0.29) is 47.4 Å². The Morgan fingerprint density at radius 2 is 2.00 bits per heavy atom. The number of nitrogens with one attached hydrogen (secondary N) is 2. The summed E-state index contributed by atoms with van der Waals surface area (Å²) in [5, 5.41) is 6.38. The maximum Gasteiger partial charge on any atom is 0.258 e. The average Bonchev–Trinajstić information content (AvgIpc) is 3.44. The van der Waals surface area contributed by atoms with Crippen LogP contribution in [-0.4, -0.2) is 48.5 Å². The summed E-state index contributed by atoms with van der Waals surface area (Å²) in [6, 6.07) is 8.20. The van der Waals surface area contributed by atoms with Crippen LogP contribution in [0.4, 0.5) is 0 Å². The number of guanidine groups is 1. The molecule has 0 radical (unpaired) electrons. The maximum absolute atomic E-state index is 11.8. The summed E-state index contributed by atoms with van der Waals surface area (Å²) in [6.07, 6.45) is 2.17. The fraction of sp³-hybridized carbons (Fsp3) is 0.619. The van der Waals surface area contributed by atoms with Gasteiger partial charge in [-0.25, -0.2) is 0 Å². The molecule has 2 fully saturated rings. The minimum absolute atomic E-state index is 0. The Labute approximate surface area is 185 Å². The van der Waals surface area contributed by atoms with Gasteiger partial charge in [0.05, 0.1) is 0 Å². The number of aliphatic imine (C=N–C) groups is 1. The number of likely N-dealkylation sites (tertiary alicyclic amines) is 1. The predicted molar refractivity (Wildman–Crippen MR) is 123 cm³/mol. The third-order valence-electron chi connectivity index (χ3n) is 6.01. The van der Waals surface area contributed by atoms with Crippen LogP contribution in [0.1, 0.15) is 46.1 Å². The molecule has 2 aliphatic rings. The van der Waals surface area contributed by atoms with Crippen molar-refractivity contribution in [2.45, 2.75) is 58.7 Å². The Kier molecular flexibility index (Phi) is 7.22. The smallest absolute Gasteiger partial charge is 0.258 e. The number of hydrogen-bond acceptors (Lipinski definition) is 3. The number of hydrogen-bond donors (Lipinski definition) is 2. The highest BCUT2D eigenvalue weighted by Gasteiger charge is 2.53. The SMILES string of the molecule is CN=C(NCc1cccc(OCC(=O)NC2CC2)c1)N1CC(C)(C)C1(C)C.I. The van der Waals surface area contributed by atoms with Crippen molar-refractivity contribution in [3.8, 4) is 5.75 Å². The normalized spacial score (nSPS) is 19.9.